The molecule has 1 atom stereocenters. The van der Waals surface area contributed by atoms with Crippen molar-refractivity contribution in [2.24, 2.45) is 0 Å². The first kappa shape index (κ1) is 12.7. The van der Waals surface area contributed by atoms with E-state index in [1.807, 2.05) is 11.8 Å². The van der Waals surface area contributed by atoms with Gasteiger partial charge < -0.3 is 5.32 Å². The molecule has 94 valence electrons. The third-order valence-electron chi connectivity index (χ3n) is 3.16. The first-order chi connectivity index (χ1) is 8.84. The van der Waals surface area contributed by atoms with Crippen molar-refractivity contribution < 1.29 is 0 Å². The molecule has 0 fully saturated rings. The van der Waals surface area contributed by atoms with Crippen LogP contribution in [0.5, 0.6) is 0 Å². The summed E-state index contributed by atoms with van der Waals surface area (Å²) >= 11 is 7.37. The van der Waals surface area contributed by atoms with Crippen LogP contribution in [-0.2, 0) is 6.54 Å². The summed E-state index contributed by atoms with van der Waals surface area (Å²) in [4.78, 5) is 2.82. The highest BCUT2D eigenvalue weighted by Crippen LogP contribution is 2.36. The third-order valence-corrected chi connectivity index (χ3v) is 6.21. The lowest BCUT2D eigenvalue weighted by atomic mass is 10.0. The Balaban J connectivity index is 1.73. The van der Waals surface area contributed by atoms with E-state index in [-0.39, 0.29) is 0 Å². The quantitative estimate of drug-likeness (QED) is 0.858. The van der Waals surface area contributed by atoms with E-state index in [9.17, 15) is 0 Å². The van der Waals surface area contributed by atoms with Gasteiger partial charge in [-0.2, -0.15) is 0 Å². The van der Waals surface area contributed by atoms with Gasteiger partial charge in [-0.05, 0) is 51.2 Å². The molecular weight excluding hydrogens is 326 g/mol. The number of rotatable bonds is 3. The van der Waals surface area contributed by atoms with Crippen molar-refractivity contribution in [3.05, 3.63) is 50.6 Å². The van der Waals surface area contributed by atoms with Crippen LogP contribution >= 0.6 is 39.0 Å². The molecule has 1 aromatic heterocycles. The van der Waals surface area contributed by atoms with Gasteiger partial charge in [0.2, 0.25) is 0 Å². The van der Waals surface area contributed by atoms with Gasteiger partial charge in [-0.1, -0.05) is 18.2 Å². The second-order valence-electron chi connectivity index (χ2n) is 4.30. The normalized spacial score (nSPS) is 18.6. The summed E-state index contributed by atoms with van der Waals surface area (Å²) in [5.74, 6) is 1.21. The zero-order chi connectivity index (χ0) is 12.4. The minimum atomic E-state index is 0.497. The molecule has 0 spiro atoms. The number of halogens is 1. The van der Waals surface area contributed by atoms with Crippen LogP contribution in [0.15, 0.2) is 45.1 Å². The van der Waals surface area contributed by atoms with Crippen molar-refractivity contribution in [3.8, 4) is 0 Å². The molecule has 2 heterocycles. The standard InChI is InChI=1S/C14H14BrNS2/c15-11-5-7-18-14(11)9-16-12-6-8-17-13-4-2-1-3-10(12)13/h1-5,7,12,16H,6,8-9H2. The average molecular weight is 340 g/mol. The van der Waals surface area contributed by atoms with Gasteiger partial charge in [-0.3, -0.25) is 0 Å². The maximum Gasteiger partial charge on any atom is 0.0342 e. The molecule has 0 amide bonds. The third kappa shape index (κ3) is 2.67. The first-order valence-electron chi connectivity index (χ1n) is 6.01. The van der Waals surface area contributed by atoms with E-state index in [0.29, 0.717) is 6.04 Å². The minimum Gasteiger partial charge on any atom is -0.305 e. The van der Waals surface area contributed by atoms with Crippen molar-refractivity contribution in [1.82, 2.24) is 5.32 Å². The Labute approximate surface area is 124 Å². The van der Waals surface area contributed by atoms with E-state index in [1.165, 1.54) is 32.0 Å². The van der Waals surface area contributed by atoms with Crippen molar-refractivity contribution in [2.45, 2.75) is 23.9 Å². The monoisotopic (exact) mass is 339 g/mol. The van der Waals surface area contributed by atoms with Gasteiger partial charge in [-0.15, -0.1) is 23.1 Å². The fourth-order valence-electron chi connectivity index (χ4n) is 2.22. The molecule has 3 rings (SSSR count). The van der Waals surface area contributed by atoms with E-state index >= 15 is 0 Å². The predicted octanol–water partition coefficient (Wildman–Crippen LogP) is 4.84. The lowest BCUT2D eigenvalue weighted by Crippen LogP contribution is -2.23. The average Bonchev–Trinajstić information content (AvgIpc) is 2.82. The van der Waals surface area contributed by atoms with E-state index in [2.05, 4.69) is 57.0 Å². The molecule has 1 aromatic carbocycles. The highest BCUT2D eigenvalue weighted by atomic mass is 79.9. The van der Waals surface area contributed by atoms with Crippen LogP contribution in [0.25, 0.3) is 0 Å². The lowest BCUT2D eigenvalue weighted by molar-refractivity contribution is 0.512. The Bertz CT molecular complexity index is 538. The SMILES string of the molecule is Brc1ccsc1CNC1CCSc2ccccc21. The maximum absolute atomic E-state index is 3.69. The van der Waals surface area contributed by atoms with Gasteiger partial charge in [-0.25, -0.2) is 0 Å². The Morgan fingerprint density at radius 3 is 3.00 bits per heavy atom. The van der Waals surface area contributed by atoms with E-state index in [1.54, 1.807) is 11.3 Å². The maximum atomic E-state index is 3.69. The Morgan fingerprint density at radius 2 is 2.17 bits per heavy atom. The Kier molecular flexibility index (Phi) is 4.09. The molecule has 1 aliphatic heterocycles. The van der Waals surface area contributed by atoms with Crippen LogP contribution < -0.4 is 5.32 Å². The number of nitrogens with one attached hydrogen (secondary N) is 1. The van der Waals surface area contributed by atoms with Gasteiger partial charge in [0.15, 0.2) is 0 Å². The predicted molar refractivity (Wildman–Crippen MR) is 83.4 cm³/mol. The van der Waals surface area contributed by atoms with Crippen LogP contribution in [0.3, 0.4) is 0 Å². The summed E-state index contributed by atoms with van der Waals surface area (Å²) in [6, 6.07) is 11.4. The highest BCUT2D eigenvalue weighted by Gasteiger charge is 2.19. The molecule has 18 heavy (non-hydrogen) atoms. The molecule has 1 unspecified atom stereocenters. The molecule has 1 aliphatic rings. The molecule has 0 aliphatic carbocycles. The zero-order valence-corrected chi connectivity index (χ0v) is 13.1. The van der Waals surface area contributed by atoms with Crippen LogP contribution in [0.1, 0.15) is 22.9 Å². The van der Waals surface area contributed by atoms with E-state index in [0.717, 1.165) is 6.54 Å². The van der Waals surface area contributed by atoms with Gasteiger partial charge >= 0.3 is 0 Å². The van der Waals surface area contributed by atoms with Crippen LogP contribution in [0, 0.1) is 0 Å². The molecule has 0 saturated carbocycles. The second-order valence-corrected chi connectivity index (χ2v) is 7.29. The molecule has 1 nitrogen and oxygen atoms in total. The molecule has 4 heteroatoms. The van der Waals surface area contributed by atoms with Crippen LogP contribution in [0.4, 0.5) is 0 Å². The van der Waals surface area contributed by atoms with Gasteiger partial charge in [0.1, 0.15) is 0 Å². The van der Waals surface area contributed by atoms with E-state index < -0.39 is 0 Å². The number of hydrogen-bond donors (Lipinski definition) is 1. The first-order valence-corrected chi connectivity index (χ1v) is 8.67. The van der Waals surface area contributed by atoms with Gasteiger partial charge in [0.05, 0.1) is 0 Å². The fraction of sp³-hybridized carbons (Fsp3) is 0.286. The number of hydrogen-bond acceptors (Lipinski definition) is 3. The number of fused-ring (bicyclic) bond motifs is 1. The summed E-state index contributed by atoms with van der Waals surface area (Å²) in [5.41, 5.74) is 1.46. The summed E-state index contributed by atoms with van der Waals surface area (Å²) in [7, 11) is 0. The smallest absolute Gasteiger partial charge is 0.0342 e. The summed E-state index contributed by atoms with van der Waals surface area (Å²) in [6.07, 6.45) is 1.21. The summed E-state index contributed by atoms with van der Waals surface area (Å²) < 4.78 is 1.22. The fourth-order valence-corrected chi connectivity index (χ4v) is 4.79. The molecule has 1 N–H and O–H groups in total. The molecule has 0 saturated heterocycles. The summed E-state index contributed by atoms with van der Waals surface area (Å²) in [6.45, 7) is 0.946. The number of benzene rings is 1. The minimum absolute atomic E-state index is 0.497. The van der Waals surface area contributed by atoms with E-state index in [4.69, 9.17) is 0 Å². The molecule has 2 aromatic rings. The van der Waals surface area contributed by atoms with Crippen molar-refractivity contribution >= 4 is 39.0 Å². The summed E-state index contributed by atoms with van der Waals surface area (Å²) in [5, 5.41) is 5.82. The van der Waals surface area contributed by atoms with Crippen LogP contribution in [0.2, 0.25) is 0 Å². The topological polar surface area (TPSA) is 12.0 Å². The highest BCUT2D eigenvalue weighted by molar-refractivity contribution is 9.10. The van der Waals surface area contributed by atoms with Crippen molar-refractivity contribution in [1.29, 1.82) is 0 Å². The number of thiophene rings is 1. The number of thioether (sulfide) groups is 1. The molecular formula is C14H14BrNS2. The second kappa shape index (κ2) is 5.78. The van der Waals surface area contributed by atoms with Gasteiger partial charge in [0, 0.05) is 26.8 Å². The van der Waals surface area contributed by atoms with Crippen molar-refractivity contribution in [3.63, 3.8) is 0 Å². The van der Waals surface area contributed by atoms with Crippen LogP contribution in [-0.4, -0.2) is 5.75 Å². The molecule has 0 radical (unpaired) electrons. The zero-order valence-electron chi connectivity index (χ0n) is 9.86. The molecule has 0 bridgehead atoms. The lowest BCUT2D eigenvalue weighted by Gasteiger charge is -2.25. The van der Waals surface area contributed by atoms with Crippen molar-refractivity contribution in [2.75, 3.05) is 5.75 Å². The Morgan fingerprint density at radius 1 is 1.28 bits per heavy atom. The largest absolute Gasteiger partial charge is 0.305 e. The Hall–Kier alpha value is -0.290. The van der Waals surface area contributed by atoms with Gasteiger partial charge in [0.25, 0.3) is 0 Å².